The van der Waals surface area contributed by atoms with Crippen LogP contribution in [0.3, 0.4) is 0 Å². The maximum atomic E-state index is 5.35. The maximum Gasteiger partial charge on any atom is 0.166 e. The molecule has 0 aliphatic rings. The van der Waals surface area contributed by atoms with Crippen molar-refractivity contribution in [1.29, 1.82) is 0 Å². The van der Waals surface area contributed by atoms with Crippen molar-refractivity contribution in [2.75, 3.05) is 6.54 Å². The summed E-state index contributed by atoms with van der Waals surface area (Å²) in [5.74, 6) is 0. The lowest BCUT2D eigenvalue weighted by molar-refractivity contribution is 0.694. The second kappa shape index (κ2) is 8.15. The largest absolute Gasteiger partial charge is 0.362 e. The lowest BCUT2D eigenvalue weighted by Crippen LogP contribution is -2.37. The van der Waals surface area contributed by atoms with E-state index in [0.29, 0.717) is 5.11 Å². The van der Waals surface area contributed by atoms with E-state index in [4.69, 9.17) is 12.2 Å². The molecule has 2 nitrogen and oxygen atoms in total. The van der Waals surface area contributed by atoms with E-state index in [9.17, 15) is 0 Å². The molecule has 0 unspecified atom stereocenters. The van der Waals surface area contributed by atoms with Gasteiger partial charge in [-0.2, -0.15) is 0 Å². The second-order valence-corrected chi connectivity index (χ2v) is 6.14. The average Bonchev–Trinajstić information content (AvgIpc) is 2.48. The smallest absolute Gasteiger partial charge is 0.166 e. The Morgan fingerprint density at radius 1 is 1.10 bits per heavy atom. The number of hydrogen-bond acceptors (Lipinski definition) is 1. The Bertz CT molecular complexity index is 586. The SMILES string of the molecule is C[C@H](NC(=S)NCCc1ccccc1)c1ccccc1Br. The number of halogens is 1. The first kappa shape index (κ1) is 16.0. The Balaban J connectivity index is 1.78. The summed E-state index contributed by atoms with van der Waals surface area (Å²) in [6.45, 7) is 2.93. The lowest BCUT2D eigenvalue weighted by Gasteiger charge is -2.18. The molecule has 2 N–H and O–H groups in total. The summed E-state index contributed by atoms with van der Waals surface area (Å²) in [7, 11) is 0. The standard InChI is InChI=1S/C17H19BrN2S/c1-13(15-9-5-6-10-16(15)18)20-17(21)19-12-11-14-7-3-2-4-8-14/h2-10,13H,11-12H2,1H3,(H2,19,20,21)/t13-/m0/s1. The zero-order chi connectivity index (χ0) is 15.1. The zero-order valence-electron chi connectivity index (χ0n) is 12.0. The highest BCUT2D eigenvalue weighted by Gasteiger charge is 2.09. The lowest BCUT2D eigenvalue weighted by atomic mass is 10.1. The molecule has 0 heterocycles. The van der Waals surface area contributed by atoms with Crippen molar-refractivity contribution in [2.45, 2.75) is 19.4 Å². The third-order valence-corrected chi connectivity index (χ3v) is 4.25. The van der Waals surface area contributed by atoms with Gasteiger partial charge in [-0.1, -0.05) is 64.5 Å². The van der Waals surface area contributed by atoms with Crippen LogP contribution in [-0.2, 0) is 6.42 Å². The number of benzene rings is 2. The van der Waals surface area contributed by atoms with Crippen molar-refractivity contribution in [3.05, 3.63) is 70.2 Å². The average molecular weight is 363 g/mol. The molecule has 0 aliphatic heterocycles. The topological polar surface area (TPSA) is 24.1 Å². The molecule has 2 aromatic rings. The van der Waals surface area contributed by atoms with E-state index in [2.05, 4.69) is 63.8 Å². The van der Waals surface area contributed by atoms with Gasteiger partial charge in [-0.25, -0.2) is 0 Å². The quantitative estimate of drug-likeness (QED) is 0.778. The molecule has 0 aromatic heterocycles. The summed E-state index contributed by atoms with van der Waals surface area (Å²) in [5.41, 5.74) is 2.51. The first-order valence-electron chi connectivity index (χ1n) is 6.99. The van der Waals surface area contributed by atoms with Crippen molar-refractivity contribution in [3.63, 3.8) is 0 Å². The molecule has 0 amide bonds. The third kappa shape index (κ3) is 5.14. The normalized spacial score (nSPS) is 11.7. The third-order valence-electron chi connectivity index (χ3n) is 3.26. The van der Waals surface area contributed by atoms with Gasteiger partial charge in [0, 0.05) is 11.0 Å². The van der Waals surface area contributed by atoms with E-state index in [-0.39, 0.29) is 6.04 Å². The number of hydrogen-bond donors (Lipinski definition) is 2. The first-order chi connectivity index (χ1) is 10.2. The first-order valence-corrected chi connectivity index (χ1v) is 8.19. The minimum absolute atomic E-state index is 0.164. The molecule has 4 heteroatoms. The maximum absolute atomic E-state index is 5.35. The number of thiocarbonyl (C=S) groups is 1. The van der Waals surface area contributed by atoms with Crippen molar-refractivity contribution in [3.8, 4) is 0 Å². The van der Waals surface area contributed by atoms with Gasteiger partial charge in [0.25, 0.3) is 0 Å². The van der Waals surface area contributed by atoms with Gasteiger partial charge in [-0.3, -0.25) is 0 Å². The number of rotatable bonds is 5. The van der Waals surface area contributed by atoms with Gasteiger partial charge in [0.2, 0.25) is 0 Å². The van der Waals surface area contributed by atoms with Crippen LogP contribution in [0, 0.1) is 0 Å². The van der Waals surface area contributed by atoms with Crippen molar-refractivity contribution in [2.24, 2.45) is 0 Å². The van der Waals surface area contributed by atoms with Crippen LogP contribution in [-0.4, -0.2) is 11.7 Å². The van der Waals surface area contributed by atoms with Crippen LogP contribution in [0.15, 0.2) is 59.1 Å². The molecule has 2 rings (SSSR count). The Morgan fingerprint density at radius 3 is 2.48 bits per heavy atom. The fraction of sp³-hybridized carbons (Fsp3) is 0.235. The van der Waals surface area contributed by atoms with Gasteiger partial charge in [0.15, 0.2) is 5.11 Å². The van der Waals surface area contributed by atoms with E-state index in [1.54, 1.807) is 0 Å². The fourth-order valence-electron chi connectivity index (χ4n) is 2.12. The van der Waals surface area contributed by atoms with Gasteiger partial charge in [0.1, 0.15) is 0 Å². The van der Waals surface area contributed by atoms with E-state index >= 15 is 0 Å². The summed E-state index contributed by atoms with van der Waals surface area (Å²) >= 11 is 8.92. The molecule has 110 valence electrons. The molecule has 0 bridgehead atoms. The summed E-state index contributed by atoms with van der Waals surface area (Å²) < 4.78 is 1.09. The van der Waals surface area contributed by atoms with Crippen LogP contribution >= 0.6 is 28.1 Å². The minimum Gasteiger partial charge on any atom is -0.362 e. The molecule has 21 heavy (non-hydrogen) atoms. The van der Waals surface area contributed by atoms with Crippen LogP contribution in [0.25, 0.3) is 0 Å². The predicted octanol–water partition coefficient (Wildman–Crippen LogP) is 4.22. The molecule has 0 spiro atoms. The molecule has 2 aromatic carbocycles. The molecule has 1 atom stereocenters. The second-order valence-electron chi connectivity index (χ2n) is 4.88. The molecule has 0 radical (unpaired) electrons. The van der Waals surface area contributed by atoms with Gasteiger partial charge in [-0.15, -0.1) is 0 Å². The highest BCUT2D eigenvalue weighted by atomic mass is 79.9. The monoisotopic (exact) mass is 362 g/mol. The number of nitrogens with one attached hydrogen (secondary N) is 2. The Kier molecular flexibility index (Phi) is 6.21. The van der Waals surface area contributed by atoms with Crippen LogP contribution in [0.5, 0.6) is 0 Å². The van der Waals surface area contributed by atoms with Crippen LogP contribution < -0.4 is 10.6 Å². The summed E-state index contributed by atoms with van der Waals surface area (Å²) in [6, 6.07) is 18.7. The molecule has 0 saturated heterocycles. The van der Waals surface area contributed by atoms with E-state index in [1.807, 2.05) is 24.3 Å². The van der Waals surface area contributed by atoms with Crippen molar-refractivity contribution in [1.82, 2.24) is 10.6 Å². The van der Waals surface area contributed by atoms with E-state index in [1.165, 1.54) is 11.1 Å². The molecular formula is C17H19BrN2S. The Hall–Kier alpha value is -1.39. The van der Waals surface area contributed by atoms with Gasteiger partial charge >= 0.3 is 0 Å². The fourth-order valence-corrected chi connectivity index (χ4v) is 3.02. The van der Waals surface area contributed by atoms with Crippen molar-refractivity contribution < 1.29 is 0 Å². The summed E-state index contributed by atoms with van der Waals surface area (Å²) in [6.07, 6.45) is 0.964. The van der Waals surface area contributed by atoms with Gasteiger partial charge in [0.05, 0.1) is 6.04 Å². The van der Waals surface area contributed by atoms with E-state index < -0.39 is 0 Å². The van der Waals surface area contributed by atoms with Crippen molar-refractivity contribution >= 4 is 33.3 Å². The highest BCUT2D eigenvalue weighted by Crippen LogP contribution is 2.22. The molecule has 0 aliphatic carbocycles. The van der Waals surface area contributed by atoms with Gasteiger partial charge < -0.3 is 10.6 Å². The highest BCUT2D eigenvalue weighted by molar-refractivity contribution is 9.10. The minimum atomic E-state index is 0.164. The van der Waals surface area contributed by atoms with Crippen LogP contribution in [0.2, 0.25) is 0 Å². The van der Waals surface area contributed by atoms with Crippen LogP contribution in [0.4, 0.5) is 0 Å². The van der Waals surface area contributed by atoms with Crippen LogP contribution in [0.1, 0.15) is 24.1 Å². The molecule has 0 saturated carbocycles. The molecular weight excluding hydrogens is 344 g/mol. The Morgan fingerprint density at radius 2 is 1.76 bits per heavy atom. The van der Waals surface area contributed by atoms with Gasteiger partial charge in [-0.05, 0) is 42.8 Å². The summed E-state index contributed by atoms with van der Waals surface area (Å²) in [5, 5.41) is 7.26. The predicted molar refractivity (Wildman–Crippen MR) is 96.4 cm³/mol. The Labute approximate surface area is 140 Å². The summed E-state index contributed by atoms with van der Waals surface area (Å²) in [4.78, 5) is 0. The zero-order valence-corrected chi connectivity index (χ0v) is 14.4. The molecule has 0 fully saturated rings. The van der Waals surface area contributed by atoms with E-state index in [0.717, 1.165) is 17.4 Å².